The molecule has 2 saturated carbocycles. The van der Waals surface area contributed by atoms with Crippen LogP contribution in [0.25, 0.3) is 0 Å². The number of ether oxygens (including phenoxy) is 3. The number of amides is 2. The number of ketones is 2. The van der Waals surface area contributed by atoms with Gasteiger partial charge >= 0.3 is 6.36 Å². The molecule has 45 heavy (non-hydrogen) atoms. The van der Waals surface area contributed by atoms with Gasteiger partial charge in [-0.25, -0.2) is 0 Å². The number of nitrogens with zero attached hydrogens (tertiary/aromatic N) is 1. The number of alkyl halides is 3. The van der Waals surface area contributed by atoms with E-state index in [1.807, 2.05) is 4.90 Å². The van der Waals surface area contributed by atoms with Gasteiger partial charge in [0.15, 0.2) is 11.6 Å². The van der Waals surface area contributed by atoms with Gasteiger partial charge in [-0.15, -0.1) is 13.2 Å². The Hall–Kier alpha value is -2.13. The van der Waals surface area contributed by atoms with Crippen molar-refractivity contribution >= 4 is 23.4 Å². The number of carbonyl (C=O) groups excluding carboxylic acids is 4. The molecule has 0 aromatic carbocycles. The Kier molecular flexibility index (Phi) is 12.4. The maximum atomic E-state index is 13.9. The van der Waals surface area contributed by atoms with Gasteiger partial charge in [0.2, 0.25) is 11.8 Å². The second-order valence-electron chi connectivity index (χ2n) is 13.4. The van der Waals surface area contributed by atoms with E-state index in [4.69, 9.17) is 9.47 Å². The van der Waals surface area contributed by atoms with Crippen molar-refractivity contribution in [2.75, 3.05) is 39.5 Å². The van der Waals surface area contributed by atoms with Gasteiger partial charge in [-0.2, -0.15) is 0 Å². The van der Waals surface area contributed by atoms with E-state index >= 15 is 0 Å². The second kappa shape index (κ2) is 15.6. The zero-order valence-electron chi connectivity index (χ0n) is 26.2. The second-order valence-corrected chi connectivity index (χ2v) is 13.4. The van der Waals surface area contributed by atoms with Crippen molar-refractivity contribution in [1.82, 2.24) is 15.5 Å². The highest BCUT2D eigenvalue weighted by molar-refractivity contribution is 5.98. The summed E-state index contributed by atoms with van der Waals surface area (Å²) in [5, 5.41) is 17.0. The Balaban J connectivity index is 1.44. The quantitative estimate of drug-likeness (QED) is 0.228. The van der Waals surface area contributed by atoms with Crippen molar-refractivity contribution in [2.45, 2.75) is 114 Å². The van der Waals surface area contributed by atoms with Gasteiger partial charge in [0.05, 0.1) is 56.6 Å². The average molecular weight is 648 g/mol. The number of Topliss-reactive ketones (excluding diaryl/α,β-unsaturated/α-hetero) is 2. The highest BCUT2D eigenvalue weighted by Crippen LogP contribution is 2.36. The van der Waals surface area contributed by atoms with Crippen LogP contribution in [-0.2, 0) is 33.4 Å². The molecule has 0 unspecified atom stereocenters. The van der Waals surface area contributed by atoms with E-state index in [9.17, 15) is 37.5 Å². The van der Waals surface area contributed by atoms with Crippen molar-refractivity contribution in [3.8, 4) is 0 Å². The summed E-state index contributed by atoms with van der Waals surface area (Å²) in [5.41, 5.74) is -0.989. The number of epoxide rings is 1. The summed E-state index contributed by atoms with van der Waals surface area (Å²) in [6.07, 6.45) is -2.79. The zero-order valence-corrected chi connectivity index (χ0v) is 26.2. The van der Waals surface area contributed by atoms with E-state index in [2.05, 4.69) is 15.4 Å². The molecule has 0 spiro atoms. The van der Waals surface area contributed by atoms with E-state index in [0.717, 1.165) is 25.7 Å². The van der Waals surface area contributed by atoms with Crippen LogP contribution < -0.4 is 10.6 Å². The summed E-state index contributed by atoms with van der Waals surface area (Å²) < 4.78 is 53.1. The number of hydrogen-bond acceptors (Lipinski definition) is 9. The van der Waals surface area contributed by atoms with Gasteiger partial charge in [-0.05, 0) is 57.8 Å². The number of aliphatic hydroxyl groups is 1. The third kappa shape index (κ3) is 10.7. The molecule has 0 aromatic rings. The molecule has 0 aromatic heterocycles. The molecule has 14 heteroatoms. The fraction of sp³-hybridized carbons (Fsp3) is 0.871. The van der Waals surface area contributed by atoms with Gasteiger partial charge in [-0.1, -0.05) is 25.7 Å². The normalized spacial score (nSPS) is 28.9. The van der Waals surface area contributed by atoms with Crippen LogP contribution in [0.5, 0.6) is 0 Å². The summed E-state index contributed by atoms with van der Waals surface area (Å²) in [5.74, 6) is -3.34. The molecule has 0 radical (unpaired) electrons. The van der Waals surface area contributed by atoms with Gasteiger partial charge in [0.1, 0.15) is 5.60 Å². The molecule has 3 N–H and O–H groups in total. The Morgan fingerprint density at radius 2 is 1.64 bits per heavy atom. The first kappa shape index (κ1) is 35.7. The van der Waals surface area contributed by atoms with E-state index in [1.165, 1.54) is 6.92 Å². The first-order chi connectivity index (χ1) is 21.2. The van der Waals surface area contributed by atoms with Gasteiger partial charge < -0.3 is 25.2 Å². The van der Waals surface area contributed by atoms with E-state index in [1.54, 1.807) is 6.92 Å². The van der Waals surface area contributed by atoms with Crippen molar-refractivity contribution in [2.24, 2.45) is 17.8 Å². The van der Waals surface area contributed by atoms with Gasteiger partial charge in [0.25, 0.3) is 0 Å². The standard InChI is InChI=1S/C31H48F3N3O8/c1-19(35-26(39)17-37-11-13-43-14-12-37)25(38)16-23(27(40)21-7-9-22(10-8-21)45-31(32,33)34)29(42)36-24(15-20-5-3-4-6-20)28(41)30(2)18-44-30/h19-24,27,40H,3-18H2,1-2H3,(H,35,39)(H,36,42)/t19-,21?,22?,23-,24-,27+,30+/m0/s1. The van der Waals surface area contributed by atoms with Crippen LogP contribution in [-0.4, -0.2) is 109 Å². The minimum Gasteiger partial charge on any atom is -0.392 e. The first-order valence-electron chi connectivity index (χ1n) is 16.3. The molecule has 4 aliphatic rings. The predicted molar refractivity (Wildman–Crippen MR) is 155 cm³/mol. The van der Waals surface area contributed by atoms with Gasteiger partial charge in [0, 0.05) is 19.5 Å². The monoisotopic (exact) mass is 647 g/mol. The Morgan fingerprint density at radius 1 is 1.02 bits per heavy atom. The summed E-state index contributed by atoms with van der Waals surface area (Å²) in [6, 6.07) is -1.81. The zero-order chi connectivity index (χ0) is 32.8. The number of aliphatic hydroxyl groups excluding tert-OH is 1. The smallest absolute Gasteiger partial charge is 0.392 e. The lowest BCUT2D eigenvalue weighted by molar-refractivity contribution is -0.346. The number of morpholine rings is 1. The van der Waals surface area contributed by atoms with Crippen molar-refractivity contribution < 1.29 is 51.7 Å². The van der Waals surface area contributed by atoms with Crippen molar-refractivity contribution in [3.63, 3.8) is 0 Å². The van der Waals surface area contributed by atoms with Crippen LogP contribution in [0, 0.1) is 17.8 Å². The molecule has 11 nitrogen and oxygen atoms in total. The van der Waals surface area contributed by atoms with Crippen LogP contribution in [0.2, 0.25) is 0 Å². The van der Waals surface area contributed by atoms with E-state index in [0.29, 0.717) is 32.7 Å². The molecule has 256 valence electrons. The molecule has 2 aliphatic heterocycles. The number of carbonyl (C=O) groups is 4. The maximum absolute atomic E-state index is 13.9. The average Bonchev–Trinajstić information content (AvgIpc) is 3.52. The molecule has 2 heterocycles. The van der Waals surface area contributed by atoms with Crippen LogP contribution in [0.15, 0.2) is 0 Å². The molecule has 4 fully saturated rings. The largest absolute Gasteiger partial charge is 0.522 e. The van der Waals surface area contributed by atoms with Crippen LogP contribution in [0.1, 0.15) is 78.1 Å². The Labute approximate surface area is 262 Å². The van der Waals surface area contributed by atoms with Crippen molar-refractivity contribution in [1.29, 1.82) is 0 Å². The van der Waals surface area contributed by atoms with Gasteiger partial charge in [-0.3, -0.25) is 28.8 Å². The van der Waals surface area contributed by atoms with Crippen LogP contribution >= 0.6 is 0 Å². The molecule has 5 atom stereocenters. The molecular formula is C31H48F3N3O8. The molecular weight excluding hydrogens is 599 g/mol. The fourth-order valence-corrected chi connectivity index (χ4v) is 6.87. The van der Waals surface area contributed by atoms with Crippen molar-refractivity contribution in [3.05, 3.63) is 0 Å². The number of rotatable bonds is 15. The van der Waals surface area contributed by atoms with E-state index < -0.39 is 66.2 Å². The minimum absolute atomic E-state index is 0.0377. The lowest BCUT2D eigenvalue weighted by atomic mass is 9.77. The third-order valence-corrected chi connectivity index (χ3v) is 9.78. The van der Waals surface area contributed by atoms with Crippen LogP contribution in [0.4, 0.5) is 13.2 Å². The highest BCUT2D eigenvalue weighted by Gasteiger charge is 2.51. The molecule has 2 saturated heterocycles. The summed E-state index contributed by atoms with van der Waals surface area (Å²) in [4.78, 5) is 55.1. The first-order valence-corrected chi connectivity index (χ1v) is 16.3. The lowest BCUT2D eigenvalue weighted by Gasteiger charge is -2.35. The van der Waals surface area contributed by atoms with E-state index in [-0.39, 0.29) is 56.4 Å². The Morgan fingerprint density at radius 3 is 2.22 bits per heavy atom. The SMILES string of the molecule is C[C@H](NC(=O)CN1CCOCC1)C(=O)C[C@H](C(=O)N[C@@H](CC1CCCC1)C(=O)[C@@]1(C)CO1)[C@H](O)C1CCC(OC(F)(F)F)CC1. The lowest BCUT2D eigenvalue weighted by Crippen LogP contribution is -2.52. The Bertz CT molecular complexity index is 1040. The third-order valence-electron chi connectivity index (χ3n) is 9.78. The number of halogens is 3. The number of nitrogens with one attached hydrogen (secondary N) is 2. The molecule has 0 bridgehead atoms. The predicted octanol–water partition coefficient (Wildman–Crippen LogP) is 2.28. The summed E-state index contributed by atoms with van der Waals surface area (Å²) in [6.45, 7) is 5.71. The molecule has 2 aliphatic carbocycles. The fourth-order valence-electron chi connectivity index (χ4n) is 6.87. The summed E-state index contributed by atoms with van der Waals surface area (Å²) in [7, 11) is 0. The minimum atomic E-state index is -4.77. The molecule has 4 rings (SSSR count). The highest BCUT2D eigenvalue weighted by atomic mass is 19.4. The summed E-state index contributed by atoms with van der Waals surface area (Å²) >= 11 is 0. The topological polar surface area (TPSA) is 147 Å². The van der Waals surface area contributed by atoms with Crippen LogP contribution in [0.3, 0.4) is 0 Å². The maximum Gasteiger partial charge on any atom is 0.522 e. The number of hydrogen-bond donors (Lipinski definition) is 3. The molecule has 2 amide bonds.